The first kappa shape index (κ1) is 20.6. The Hall–Kier alpha value is -3.63. The van der Waals surface area contributed by atoms with Crippen molar-refractivity contribution in [3.05, 3.63) is 72.1 Å². The second-order valence-corrected chi connectivity index (χ2v) is 7.35. The second kappa shape index (κ2) is 8.62. The molecular formula is C21H22N6O4. The molecule has 1 aromatic carbocycles. The lowest BCUT2D eigenvalue weighted by Crippen LogP contribution is -2.50. The van der Waals surface area contributed by atoms with Crippen LogP contribution in [0.4, 0.5) is 0 Å². The normalized spacial score (nSPS) is 15.8. The zero-order chi connectivity index (χ0) is 22.0. The Balaban J connectivity index is 1.35. The van der Waals surface area contributed by atoms with E-state index in [1.807, 2.05) is 36.5 Å². The van der Waals surface area contributed by atoms with Crippen LogP contribution in [0.25, 0.3) is 5.69 Å². The standard InChI is InChI=1S/C21H22N6O4/c1-13(14-3-5-16(6-4-14)27-8-2-7-24-27)25-20(30)18(28)19(29)21(31)26-10-15-9-22-12-23-17(15)11-26/h2-9,12-13,18-19,28-29H,10-11H2,1H3,(H,25,30)/t13-,18-,19-/m1/s1. The second-order valence-electron chi connectivity index (χ2n) is 7.35. The highest BCUT2D eigenvalue weighted by molar-refractivity contribution is 5.91. The minimum atomic E-state index is -1.90. The van der Waals surface area contributed by atoms with E-state index in [4.69, 9.17) is 0 Å². The van der Waals surface area contributed by atoms with Crippen LogP contribution in [0.2, 0.25) is 0 Å². The molecule has 0 radical (unpaired) electrons. The molecular weight excluding hydrogens is 400 g/mol. The van der Waals surface area contributed by atoms with Crippen LogP contribution in [0.15, 0.2) is 55.2 Å². The molecule has 160 valence electrons. The number of amides is 2. The summed E-state index contributed by atoms with van der Waals surface area (Å²) in [5.41, 5.74) is 3.12. The van der Waals surface area contributed by atoms with Gasteiger partial charge in [0.2, 0.25) is 0 Å². The summed E-state index contributed by atoms with van der Waals surface area (Å²) in [7, 11) is 0. The molecule has 1 aliphatic rings. The maximum atomic E-state index is 12.5. The Morgan fingerprint density at radius 3 is 2.58 bits per heavy atom. The van der Waals surface area contributed by atoms with Crippen molar-refractivity contribution in [1.82, 2.24) is 30.0 Å². The summed E-state index contributed by atoms with van der Waals surface area (Å²) in [6.07, 6.45) is 2.71. The van der Waals surface area contributed by atoms with Crippen molar-refractivity contribution in [2.75, 3.05) is 0 Å². The van der Waals surface area contributed by atoms with E-state index in [1.165, 1.54) is 11.2 Å². The van der Waals surface area contributed by atoms with Gasteiger partial charge in [0, 0.05) is 30.7 Å². The summed E-state index contributed by atoms with van der Waals surface area (Å²) in [6.45, 7) is 2.16. The van der Waals surface area contributed by atoms with Crippen molar-refractivity contribution in [3.63, 3.8) is 0 Å². The highest BCUT2D eigenvalue weighted by atomic mass is 16.3. The molecule has 10 nitrogen and oxygen atoms in total. The number of rotatable bonds is 6. The number of nitrogens with zero attached hydrogens (tertiary/aromatic N) is 5. The lowest BCUT2D eigenvalue weighted by molar-refractivity contribution is -0.153. The van der Waals surface area contributed by atoms with Crippen LogP contribution in [0.5, 0.6) is 0 Å². The highest BCUT2D eigenvalue weighted by Gasteiger charge is 2.36. The zero-order valence-corrected chi connectivity index (χ0v) is 16.8. The molecule has 0 spiro atoms. The first-order valence-corrected chi connectivity index (χ1v) is 9.77. The molecule has 0 bridgehead atoms. The summed E-state index contributed by atoms with van der Waals surface area (Å²) in [5, 5.41) is 27.3. The summed E-state index contributed by atoms with van der Waals surface area (Å²) < 4.78 is 1.71. The molecule has 10 heteroatoms. The van der Waals surface area contributed by atoms with Gasteiger partial charge in [0.05, 0.1) is 24.0 Å². The number of carbonyl (C=O) groups is 2. The van der Waals surface area contributed by atoms with E-state index in [1.54, 1.807) is 24.0 Å². The third-order valence-electron chi connectivity index (χ3n) is 5.24. The van der Waals surface area contributed by atoms with Gasteiger partial charge < -0.3 is 20.4 Å². The average molecular weight is 422 g/mol. The number of nitrogens with one attached hydrogen (secondary N) is 1. The van der Waals surface area contributed by atoms with Gasteiger partial charge in [0.1, 0.15) is 6.33 Å². The average Bonchev–Trinajstić information content (AvgIpc) is 3.47. The maximum Gasteiger partial charge on any atom is 0.255 e. The minimum Gasteiger partial charge on any atom is -0.380 e. The zero-order valence-electron chi connectivity index (χ0n) is 16.8. The van der Waals surface area contributed by atoms with Gasteiger partial charge in [-0.3, -0.25) is 9.59 Å². The number of fused-ring (bicyclic) bond motifs is 1. The van der Waals surface area contributed by atoms with Gasteiger partial charge in [0.15, 0.2) is 12.2 Å². The number of benzene rings is 1. The molecule has 3 aromatic rings. The van der Waals surface area contributed by atoms with Crippen LogP contribution in [-0.2, 0) is 22.7 Å². The molecule has 0 saturated heterocycles. The number of aromatic nitrogens is 4. The van der Waals surface area contributed by atoms with Crippen molar-refractivity contribution in [2.24, 2.45) is 0 Å². The molecule has 1 aliphatic heterocycles. The Bertz CT molecular complexity index is 1040. The molecule has 4 rings (SSSR count). The van der Waals surface area contributed by atoms with Gasteiger partial charge in [-0.1, -0.05) is 12.1 Å². The predicted octanol–water partition coefficient (Wildman–Crippen LogP) is 0.104. The monoisotopic (exact) mass is 422 g/mol. The van der Waals surface area contributed by atoms with Gasteiger partial charge in [-0.15, -0.1) is 0 Å². The van der Waals surface area contributed by atoms with E-state index in [2.05, 4.69) is 20.4 Å². The smallest absolute Gasteiger partial charge is 0.255 e. The molecule has 2 amide bonds. The summed E-state index contributed by atoms with van der Waals surface area (Å²) in [4.78, 5) is 34.3. The number of hydrogen-bond donors (Lipinski definition) is 3. The van der Waals surface area contributed by atoms with E-state index < -0.39 is 30.1 Å². The van der Waals surface area contributed by atoms with Crippen molar-refractivity contribution in [2.45, 2.75) is 38.3 Å². The van der Waals surface area contributed by atoms with Gasteiger partial charge in [-0.25, -0.2) is 14.6 Å². The summed E-state index contributed by atoms with van der Waals surface area (Å²) >= 11 is 0. The van der Waals surface area contributed by atoms with E-state index in [9.17, 15) is 19.8 Å². The molecule has 0 fully saturated rings. The Kier molecular flexibility index (Phi) is 5.74. The summed E-state index contributed by atoms with van der Waals surface area (Å²) in [6, 6.07) is 8.75. The van der Waals surface area contributed by atoms with Gasteiger partial charge in [0.25, 0.3) is 11.8 Å². The van der Waals surface area contributed by atoms with Crippen LogP contribution >= 0.6 is 0 Å². The molecule has 2 aromatic heterocycles. The molecule has 3 N–H and O–H groups in total. The minimum absolute atomic E-state index is 0.196. The van der Waals surface area contributed by atoms with Crippen LogP contribution in [0.3, 0.4) is 0 Å². The van der Waals surface area contributed by atoms with E-state index in [0.29, 0.717) is 5.69 Å². The molecule has 3 atom stereocenters. The van der Waals surface area contributed by atoms with Crippen LogP contribution < -0.4 is 5.32 Å². The molecule has 0 aliphatic carbocycles. The quantitative estimate of drug-likeness (QED) is 0.513. The summed E-state index contributed by atoms with van der Waals surface area (Å²) in [5.74, 6) is -1.57. The first-order chi connectivity index (χ1) is 14.9. The van der Waals surface area contributed by atoms with Gasteiger partial charge in [-0.2, -0.15) is 5.10 Å². The van der Waals surface area contributed by atoms with Gasteiger partial charge >= 0.3 is 0 Å². The van der Waals surface area contributed by atoms with E-state index >= 15 is 0 Å². The number of aliphatic hydroxyl groups is 2. The largest absolute Gasteiger partial charge is 0.380 e. The van der Waals surface area contributed by atoms with E-state index in [-0.39, 0.29) is 13.1 Å². The molecule has 3 heterocycles. The van der Waals surface area contributed by atoms with Crippen LogP contribution in [0.1, 0.15) is 29.8 Å². The van der Waals surface area contributed by atoms with Crippen molar-refractivity contribution >= 4 is 11.8 Å². The number of aliphatic hydroxyl groups excluding tert-OH is 2. The Labute approximate surface area is 178 Å². The lowest BCUT2D eigenvalue weighted by atomic mass is 10.1. The molecule has 0 saturated carbocycles. The predicted molar refractivity (Wildman–Crippen MR) is 108 cm³/mol. The Morgan fingerprint density at radius 2 is 1.90 bits per heavy atom. The third-order valence-corrected chi connectivity index (χ3v) is 5.24. The third kappa shape index (κ3) is 4.30. The van der Waals surface area contributed by atoms with Crippen molar-refractivity contribution in [1.29, 1.82) is 0 Å². The van der Waals surface area contributed by atoms with Crippen LogP contribution in [-0.4, -0.2) is 58.9 Å². The fourth-order valence-corrected chi connectivity index (χ4v) is 3.44. The first-order valence-electron chi connectivity index (χ1n) is 9.77. The molecule has 31 heavy (non-hydrogen) atoms. The SMILES string of the molecule is C[C@@H](NC(=O)[C@H](O)[C@@H](O)C(=O)N1Cc2cncnc2C1)c1ccc(-n2cccn2)cc1. The van der Waals surface area contributed by atoms with Crippen molar-refractivity contribution < 1.29 is 19.8 Å². The fraction of sp³-hybridized carbons (Fsp3) is 0.286. The number of carbonyl (C=O) groups excluding carboxylic acids is 2. The van der Waals surface area contributed by atoms with Crippen LogP contribution in [0, 0.1) is 0 Å². The maximum absolute atomic E-state index is 12.5. The fourth-order valence-electron chi connectivity index (χ4n) is 3.44. The molecule has 0 unspecified atom stereocenters. The number of hydrogen-bond acceptors (Lipinski definition) is 7. The van der Waals surface area contributed by atoms with Crippen molar-refractivity contribution in [3.8, 4) is 5.69 Å². The Morgan fingerprint density at radius 1 is 1.13 bits per heavy atom. The lowest BCUT2D eigenvalue weighted by Gasteiger charge is -2.24. The van der Waals surface area contributed by atoms with E-state index in [0.717, 1.165) is 16.8 Å². The topological polar surface area (TPSA) is 133 Å². The highest BCUT2D eigenvalue weighted by Crippen LogP contribution is 2.21. The van der Waals surface area contributed by atoms with Gasteiger partial charge in [-0.05, 0) is 30.7 Å².